The average molecular weight is 348 g/mol. The summed E-state index contributed by atoms with van der Waals surface area (Å²) in [6, 6.07) is 10.9. The highest BCUT2D eigenvalue weighted by Gasteiger charge is 2.35. The minimum Gasteiger partial charge on any atom is -0.454 e. The summed E-state index contributed by atoms with van der Waals surface area (Å²) in [4.78, 5) is 30.5. The Kier molecular flexibility index (Phi) is 4.26. The Morgan fingerprint density at radius 1 is 1.08 bits per heavy atom. The van der Waals surface area contributed by atoms with E-state index in [2.05, 4.69) is 9.97 Å². The number of nitrogens with one attached hydrogen (secondary N) is 1. The van der Waals surface area contributed by atoms with Gasteiger partial charge in [0.2, 0.25) is 0 Å². The molecule has 0 aliphatic heterocycles. The van der Waals surface area contributed by atoms with Gasteiger partial charge < -0.3 is 9.72 Å². The van der Waals surface area contributed by atoms with Crippen molar-refractivity contribution in [1.29, 1.82) is 0 Å². The molecule has 0 spiro atoms. The summed E-state index contributed by atoms with van der Waals surface area (Å²) < 4.78 is 43.7. The molecule has 0 amide bonds. The number of nitrogens with zero attached hydrogens (tertiary/aromatic N) is 1. The van der Waals surface area contributed by atoms with Crippen molar-refractivity contribution in [2.24, 2.45) is 0 Å². The van der Waals surface area contributed by atoms with Gasteiger partial charge in [-0.2, -0.15) is 13.2 Å². The van der Waals surface area contributed by atoms with Crippen LogP contribution in [0.2, 0.25) is 0 Å². The molecule has 0 saturated carbocycles. The predicted octanol–water partition coefficient (Wildman–Crippen LogP) is 3.30. The lowest BCUT2D eigenvalue weighted by Crippen LogP contribution is -2.17. The Labute approximate surface area is 139 Å². The van der Waals surface area contributed by atoms with Gasteiger partial charge in [-0.25, -0.2) is 9.78 Å². The summed E-state index contributed by atoms with van der Waals surface area (Å²) in [5.41, 5.74) is -1.71. The highest BCUT2D eigenvalue weighted by atomic mass is 19.4. The van der Waals surface area contributed by atoms with E-state index in [1.54, 1.807) is 24.3 Å². The number of halogens is 3. The maximum atomic E-state index is 12.9. The van der Waals surface area contributed by atoms with Gasteiger partial charge in [-0.05, 0) is 24.3 Å². The molecule has 1 heterocycles. The fourth-order valence-electron chi connectivity index (χ4n) is 2.32. The molecule has 25 heavy (non-hydrogen) atoms. The Morgan fingerprint density at radius 3 is 2.52 bits per heavy atom. The maximum Gasteiger partial charge on any atom is 0.417 e. The number of rotatable bonds is 3. The first-order valence-electron chi connectivity index (χ1n) is 7.17. The molecule has 128 valence electrons. The Hall–Kier alpha value is -3.16. The second kappa shape index (κ2) is 6.39. The van der Waals surface area contributed by atoms with E-state index in [1.165, 1.54) is 12.1 Å². The van der Waals surface area contributed by atoms with Crippen molar-refractivity contribution in [2.75, 3.05) is 0 Å². The standard InChI is InChI=1S/C17H11F3N2O3/c18-17(19,20)12-7-3-1-5-10(12)16(24)25-9-14-21-13-8-4-2-6-11(13)15(23)22-14/h1-8H,9H2,(H,21,22,23). The van der Waals surface area contributed by atoms with Crippen molar-refractivity contribution < 1.29 is 22.7 Å². The van der Waals surface area contributed by atoms with E-state index in [0.29, 0.717) is 10.9 Å². The van der Waals surface area contributed by atoms with E-state index in [4.69, 9.17) is 4.74 Å². The van der Waals surface area contributed by atoms with Gasteiger partial charge in [0.25, 0.3) is 5.56 Å². The van der Waals surface area contributed by atoms with E-state index >= 15 is 0 Å². The van der Waals surface area contributed by atoms with Crippen LogP contribution in [0.15, 0.2) is 53.3 Å². The summed E-state index contributed by atoms with van der Waals surface area (Å²) in [5, 5.41) is 0.361. The number of para-hydroxylation sites is 1. The zero-order valence-corrected chi connectivity index (χ0v) is 12.6. The van der Waals surface area contributed by atoms with Crippen molar-refractivity contribution >= 4 is 16.9 Å². The van der Waals surface area contributed by atoms with E-state index in [1.807, 2.05) is 0 Å². The van der Waals surface area contributed by atoms with E-state index in [9.17, 15) is 22.8 Å². The molecule has 2 aromatic carbocycles. The van der Waals surface area contributed by atoms with Crippen LogP contribution in [0.1, 0.15) is 21.7 Å². The molecule has 5 nitrogen and oxygen atoms in total. The Morgan fingerprint density at radius 2 is 1.76 bits per heavy atom. The van der Waals surface area contributed by atoms with Crippen LogP contribution >= 0.6 is 0 Å². The molecule has 0 radical (unpaired) electrons. The molecule has 0 unspecified atom stereocenters. The number of H-pyrrole nitrogens is 1. The molecule has 3 rings (SSSR count). The number of ether oxygens (including phenoxy) is 1. The van der Waals surface area contributed by atoms with Gasteiger partial charge in [-0.1, -0.05) is 24.3 Å². The van der Waals surface area contributed by atoms with E-state index < -0.39 is 35.4 Å². The third-order valence-corrected chi connectivity index (χ3v) is 3.45. The SMILES string of the molecule is O=C(OCc1nc2ccccc2c(=O)[nH]1)c1ccccc1C(F)(F)F. The summed E-state index contributed by atoms with van der Waals surface area (Å²) in [6.45, 7) is -0.453. The molecule has 0 fully saturated rings. The van der Waals surface area contributed by atoms with Crippen LogP contribution in [-0.2, 0) is 17.5 Å². The normalized spacial score (nSPS) is 11.5. The van der Waals surface area contributed by atoms with Crippen LogP contribution < -0.4 is 5.56 Å². The van der Waals surface area contributed by atoms with Crippen LogP contribution in [0.5, 0.6) is 0 Å². The highest BCUT2D eigenvalue weighted by molar-refractivity contribution is 5.91. The number of fused-ring (bicyclic) bond motifs is 1. The molecule has 1 aromatic heterocycles. The van der Waals surface area contributed by atoms with Crippen LogP contribution in [0, 0.1) is 0 Å². The maximum absolute atomic E-state index is 12.9. The lowest BCUT2D eigenvalue weighted by molar-refractivity contribution is -0.138. The van der Waals surface area contributed by atoms with E-state index in [0.717, 1.165) is 12.1 Å². The minimum atomic E-state index is -4.68. The van der Waals surface area contributed by atoms with Crippen molar-refractivity contribution in [2.45, 2.75) is 12.8 Å². The third kappa shape index (κ3) is 3.52. The van der Waals surface area contributed by atoms with Gasteiger partial charge in [0.1, 0.15) is 12.4 Å². The second-order valence-electron chi connectivity index (χ2n) is 5.15. The topological polar surface area (TPSA) is 72.0 Å². The zero-order valence-electron chi connectivity index (χ0n) is 12.6. The molecule has 0 aliphatic carbocycles. The first kappa shape index (κ1) is 16.7. The van der Waals surface area contributed by atoms with Crippen molar-refractivity contribution in [1.82, 2.24) is 9.97 Å². The van der Waals surface area contributed by atoms with Crippen LogP contribution in [0.25, 0.3) is 10.9 Å². The molecule has 0 bridgehead atoms. The highest BCUT2D eigenvalue weighted by Crippen LogP contribution is 2.32. The molecule has 0 aliphatic rings. The summed E-state index contributed by atoms with van der Waals surface area (Å²) in [6.07, 6.45) is -4.68. The van der Waals surface area contributed by atoms with Gasteiger partial charge in [-0.15, -0.1) is 0 Å². The summed E-state index contributed by atoms with van der Waals surface area (Å²) in [7, 11) is 0. The number of alkyl halides is 3. The first-order valence-corrected chi connectivity index (χ1v) is 7.17. The van der Waals surface area contributed by atoms with E-state index in [-0.39, 0.29) is 5.82 Å². The molecule has 1 N–H and O–H groups in total. The van der Waals surface area contributed by atoms with Crippen molar-refractivity contribution in [3.8, 4) is 0 Å². The fraction of sp³-hybridized carbons (Fsp3) is 0.118. The Balaban J connectivity index is 1.83. The molecule has 8 heteroatoms. The second-order valence-corrected chi connectivity index (χ2v) is 5.15. The number of carbonyl (C=O) groups excluding carboxylic acids is 1. The van der Waals surface area contributed by atoms with Crippen molar-refractivity contribution in [3.05, 3.63) is 75.8 Å². The van der Waals surface area contributed by atoms with Crippen LogP contribution in [0.3, 0.4) is 0 Å². The zero-order chi connectivity index (χ0) is 18.0. The number of aromatic nitrogens is 2. The quantitative estimate of drug-likeness (QED) is 0.737. The lowest BCUT2D eigenvalue weighted by atomic mass is 10.1. The van der Waals surface area contributed by atoms with Crippen molar-refractivity contribution in [3.63, 3.8) is 0 Å². The number of benzene rings is 2. The van der Waals surface area contributed by atoms with Crippen LogP contribution in [-0.4, -0.2) is 15.9 Å². The number of carbonyl (C=O) groups is 1. The molecule has 0 atom stereocenters. The number of aromatic amines is 1. The molecule has 0 saturated heterocycles. The smallest absolute Gasteiger partial charge is 0.417 e. The van der Waals surface area contributed by atoms with Gasteiger partial charge in [0.15, 0.2) is 0 Å². The number of hydrogen-bond acceptors (Lipinski definition) is 4. The summed E-state index contributed by atoms with van der Waals surface area (Å²) >= 11 is 0. The largest absolute Gasteiger partial charge is 0.454 e. The number of esters is 1. The lowest BCUT2D eigenvalue weighted by Gasteiger charge is -2.12. The van der Waals surface area contributed by atoms with Gasteiger partial charge in [0, 0.05) is 0 Å². The fourth-order valence-corrected chi connectivity index (χ4v) is 2.32. The third-order valence-electron chi connectivity index (χ3n) is 3.45. The predicted molar refractivity (Wildman–Crippen MR) is 82.9 cm³/mol. The summed E-state index contributed by atoms with van der Waals surface area (Å²) in [5.74, 6) is -1.11. The Bertz CT molecular complexity index is 996. The first-order chi connectivity index (χ1) is 11.9. The number of hydrogen-bond donors (Lipinski definition) is 1. The van der Waals surface area contributed by atoms with Gasteiger partial charge in [0.05, 0.1) is 22.0 Å². The monoisotopic (exact) mass is 348 g/mol. The molecular weight excluding hydrogens is 337 g/mol. The minimum absolute atomic E-state index is 0.0431. The average Bonchev–Trinajstić information content (AvgIpc) is 2.59. The van der Waals surface area contributed by atoms with Gasteiger partial charge in [-0.3, -0.25) is 4.79 Å². The molecular formula is C17H11F3N2O3. The molecule has 3 aromatic rings. The van der Waals surface area contributed by atoms with Gasteiger partial charge >= 0.3 is 12.1 Å². The van der Waals surface area contributed by atoms with Crippen LogP contribution in [0.4, 0.5) is 13.2 Å².